The van der Waals surface area contributed by atoms with Crippen LogP contribution in [0.1, 0.15) is 25.1 Å². The van der Waals surface area contributed by atoms with E-state index in [0.29, 0.717) is 19.0 Å². The Labute approximate surface area is 88.6 Å². The summed E-state index contributed by atoms with van der Waals surface area (Å²) in [6, 6.07) is 0. The minimum absolute atomic E-state index is 0.0385. The summed E-state index contributed by atoms with van der Waals surface area (Å²) in [4.78, 5) is 1.54. The van der Waals surface area contributed by atoms with Crippen LogP contribution < -0.4 is 0 Å². The zero-order chi connectivity index (χ0) is 10.5. The van der Waals surface area contributed by atoms with Crippen molar-refractivity contribution in [3.63, 3.8) is 0 Å². The smallest absolute Gasteiger partial charge is 0.171 e. The Morgan fingerprint density at radius 1 is 1.53 bits per heavy atom. The van der Waals surface area contributed by atoms with Crippen LogP contribution in [0.4, 0.5) is 0 Å². The van der Waals surface area contributed by atoms with Gasteiger partial charge in [-0.2, -0.15) is 4.80 Å². The largest absolute Gasteiger partial charge is 0.353 e. The van der Waals surface area contributed by atoms with E-state index in [1.807, 2.05) is 6.92 Å². The van der Waals surface area contributed by atoms with Gasteiger partial charge in [-0.25, -0.2) is 0 Å². The van der Waals surface area contributed by atoms with Gasteiger partial charge in [0.15, 0.2) is 12.1 Å². The van der Waals surface area contributed by atoms with Gasteiger partial charge in [-0.15, -0.1) is 10.2 Å². The summed E-state index contributed by atoms with van der Waals surface area (Å²) < 4.78 is 11.0. The molecule has 15 heavy (non-hydrogen) atoms. The van der Waals surface area contributed by atoms with Crippen LogP contribution in [0.2, 0.25) is 0 Å². The molecule has 1 unspecified atom stereocenters. The molecule has 0 aliphatic carbocycles. The first-order chi connectivity index (χ1) is 7.34. The molecule has 0 saturated carbocycles. The fraction of sp³-hybridized carbons (Fsp3) is 0.889. The standard InChI is InChI=1S/C9H16N4O2/c1-8-10-12-13(11-8)5-7-15-9-4-2-3-6-14-9/h9H,2-7H2,1H3. The molecule has 0 aromatic carbocycles. The van der Waals surface area contributed by atoms with Gasteiger partial charge in [-0.1, -0.05) is 0 Å². The van der Waals surface area contributed by atoms with E-state index in [4.69, 9.17) is 9.47 Å². The van der Waals surface area contributed by atoms with E-state index in [0.717, 1.165) is 19.4 Å². The van der Waals surface area contributed by atoms with Gasteiger partial charge >= 0.3 is 0 Å². The SMILES string of the molecule is Cc1nnn(CCOC2CCCCO2)n1. The summed E-state index contributed by atoms with van der Waals surface area (Å²) in [5.41, 5.74) is 0. The summed E-state index contributed by atoms with van der Waals surface area (Å²) in [5, 5.41) is 11.7. The van der Waals surface area contributed by atoms with Gasteiger partial charge in [-0.05, 0) is 31.4 Å². The van der Waals surface area contributed by atoms with Gasteiger partial charge in [0.05, 0.1) is 13.2 Å². The maximum absolute atomic E-state index is 5.55. The molecule has 0 amide bonds. The molecule has 1 fully saturated rings. The van der Waals surface area contributed by atoms with Crippen molar-refractivity contribution in [3.8, 4) is 0 Å². The Bertz CT molecular complexity index is 296. The molecular weight excluding hydrogens is 196 g/mol. The van der Waals surface area contributed by atoms with E-state index < -0.39 is 0 Å². The van der Waals surface area contributed by atoms with Crippen molar-refractivity contribution < 1.29 is 9.47 Å². The van der Waals surface area contributed by atoms with Crippen molar-refractivity contribution in [2.45, 2.75) is 39.0 Å². The maximum atomic E-state index is 5.55. The highest BCUT2D eigenvalue weighted by atomic mass is 16.7. The Kier molecular flexibility index (Phi) is 3.63. The predicted molar refractivity (Wildman–Crippen MR) is 52.1 cm³/mol. The lowest BCUT2D eigenvalue weighted by atomic mass is 10.2. The normalized spacial score (nSPS) is 21.8. The van der Waals surface area contributed by atoms with E-state index in [1.165, 1.54) is 11.2 Å². The molecule has 1 saturated heterocycles. The predicted octanol–water partition coefficient (Wildman–Crippen LogP) is 0.525. The molecule has 6 nitrogen and oxygen atoms in total. The van der Waals surface area contributed by atoms with Crippen molar-refractivity contribution in [2.24, 2.45) is 0 Å². The second kappa shape index (κ2) is 5.18. The molecule has 1 aromatic heterocycles. The van der Waals surface area contributed by atoms with Gasteiger partial charge < -0.3 is 9.47 Å². The number of ether oxygens (including phenoxy) is 2. The molecule has 1 aliphatic rings. The second-order valence-corrected chi connectivity index (χ2v) is 3.60. The highest BCUT2D eigenvalue weighted by Crippen LogP contribution is 2.13. The first-order valence-corrected chi connectivity index (χ1v) is 5.32. The van der Waals surface area contributed by atoms with Gasteiger partial charge in [0.2, 0.25) is 0 Å². The molecule has 2 rings (SSSR count). The minimum atomic E-state index is -0.0385. The number of aryl methyl sites for hydroxylation is 1. The second-order valence-electron chi connectivity index (χ2n) is 3.60. The monoisotopic (exact) mass is 212 g/mol. The topological polar surface area (TPSA) is 62.1 Å². The number of aromatic nitrogens is 4. The molecule has 0 bridgehead atoms. The zero-order valence-corrected chi connectivity index (χ0v) is 8.93. The van der Waals surface area contributed by atoms with Gasteiger partial charge in [0.1, 0.15) is 0 Å². The third-order valence-electron chi connectivity index (χ3n) is 2.29. The van der Waals surface area contributed by atoms with E-state index >= 15 is 0 Å². The highest BCUT2D eigenvalue weighted by Gasteiger charge is 2.13. The Hall–Kier alpha value is -1.01. The van der Waals surface area contributed by atoms with Crippen LogP contribution in [0.15, 0.2) is 0 Å². The highest BCUT2D eigenvalue weighted by molar-refractivity contribution is 4.66. The first kappa shape index (κ1) is 10.5. The number of rotatable bonds is 4. The van der Waals surface area contributed by atoms with Crippen LogP contribution in [-0.2, 0) is 16.0 Å². The first-order valence-electron chi connectivity index (χ1n) is 5.32. The average Bonchev–Trinajstić information content (AvgIpc) is 2.66. The van der Waals surface area contributed by atoms with Crippen LogP contribution in [0.3, 0.4) is 0 Å². The molecule has 1 aromatic rings. The summed E-state index contributed by atoms with van der Waals surface area (Å²) >= 11 is 0. The van der Waals surface area contributed by atoms with Gasteiger partial charge in [-0.3, -0.25) is 0 Å². The molecular formula is C9H16N4O2. The van der Waals surface area contributed by atoms with Crippen LogP contribution in [0.5, 0.6) is 0 Å². The molecule has 1 aliphatic heterocycles. The van der Waals surface area contributed by atoms with E-state index in [9.17, 15) is 0 Å². The van der Waals surface area contributed by atoms with Gasteiger partial charge in [0.25, 0.3) is 0 Å². The van der Waals surface area contributed by atoms with Crippen LogP contribution in [0.25, 0.3) is 0 Å². The molecule has 0 spiro atoms. The van der Waals surface area contributed by atoms with Crippen LogP contribution in [-0.4, -0.2) is 39.7 Å². The summed E-state index contributed by atoms with van der Waals surface area (Å²) in [6.07, 6.45) is 3.28. The lowest BCUT2D eigenvalue weighted by molar-refractivity contribution is -0.164. The molecule has 6 heteroatoms. The lowest BCUT2D eigenvalue weighted by Gasteiger charge is -2.22. The quantitative estimate of drug-likeness (QED) is 0.728. The molecule has 2 heterocycles. The Balaban J connectivity index is 1.65. The van der Waals surface area contributed by atoms with Crippen LogP contribution in [0, 0.1) is 6.92 Å². The minimum Gasteiger partial charge on any atom is -0.353 e. The number of nitrogens with zero attached hydrogens (tertiary/aromatic N) is 4. The third kappa shape index (κ3) is 3.24. The molecule has 1 atom stereocenters. The molecule has 0 N–H and O–H groups in total. The zero-order valence-electron chi connectivity index (χ0n) is 8.93. The fourth-order valence-electron chi connectivity index (χ4n) is 1.53. The van der Waals surface area contributed by atoms with Crippen molar-refractivity contribution >= 4 is 0 Å². The molecule has 0 radical (unpaired) electrons. The molecule has 84 valence electrons. The van der Waals surface area contributed by atoms with E-state index in [2.05, 4.69) is 15.4 Å². The van der Waals surface area contributed by atoms with Gasteiger partial charge in [0, 0.05) is 6.61 Å². The van der Waals surface area contributed by atoms with Crippen molar-refractivity contribution in [2.75, 3.05) is 13.2 Å². The average molecular weight is 212 g/mol. The van der Waals surface area contributed by atoms with E-state index in [1.54, 1.807) is 0 Å². The van der Waals surface area contributed by atoms with Crippen molar-refractivity contribution in [3.05, 3.63) is 5.82 Å². The Morgan fingerprint density at radius 3 is 3.13 bits per heavy atom. The lowest BCUT2D eigenvalue weighted by Crippen LogP contribution is -2.24. The third-order valence-corrected chi connectivity index (χ3v) is 2.29. The Morgan fingerprint density at radius 2 is 2.47 bits per heavy atom. The van der Waals surface area contributed by atoms with E-state index in [-0.39, 0.29) is 6.29 Å². The van der Waals surface area contributed by atoms with Crippen molar-refractivity contribution in [1.29, 1.82) is 0 Å². The summed E-state index contributed by atoms with van der Waals surface area (Å²) in [7, 11) is 0. The maximum Gasteiger partial charge on any atom is 0.171 e. The summed E-state index contributed by atoms with van der Waals surface area (Å²) in [6.45, 7) is 3.82. The number of hydrogen-bond acceptors (Lipinski definition) is 5. The van der Waals surface area contributed by atoms with Crippen molar-refractivity contribution in [1.82, 2.24) is 20.2 Å². The number of hydrogen-bond donors (Lipinski definition) is 0. The number of tetrazole rings is 1. The summed E-state index contributed by atoms with van der Waals surface area (Å²) in [5.74, 6) is 0.684. The van der Waals surface area contributed by atoms with Crippen LogP contribution >= 0.6 is 0 Å². The fourth-order valence-corrected chi connectivity index (χ4v) is 1.53.